The molecule has 5 nitrogen and oxygen atoms in total. The van der Waals surface area contributed by atoms with E-state index in [1.807, 2.05) is 45.0 Å². The van der Waals surface area contributed by atoms with Gasteiger partial charge in [0.2, 0.25) is 10.0 Å². The fourth-order valence-corrected chi connectivity index (χ4v) is 3.27. The molecule has 0 aliphatic heterocycles. The van der Waals surface area contributed by atoms with Crippen molar-refractivity contribution in [3.05, 3.63) is 59.7 Å². The van der Waals surface area contributed by atoms with Crippen molar-refractivity contribution in [3.8, 4) is 5.75 Å². The van der Waals surface area contributed by atoms with E-state index in [0.29, 0.717) is 19.0 Å². The van der Waals surface area contributed by atoms with Crippen LogP contribution >= 0.6 is 0 Å². The summed E-state index contributed by atoms with van der Waals surface area (Å²) in [5.74, 6) is 0.651. The molecule has 0 aromatic heterocycles. The minimum absolute atomic E-state index is 0.119. The molecular formula is C19H25NO4S. The van der Waals surface area contributed by atoms with Crippen molar-refractivity contribution < 1.29 is 17.9 Å². The van der Waals surface area contributed by atoms with E-state index in [1.165, 1.54) is 0 Å². The van der Waals surface area contributed by atoms with Crippen molar-refractivity contribution in [2.45, 2.75) is 44.9 Å². The molecule has 0 radical (unpaired) electrons. The van der Waals surface area contributed by atoms with E-state index in [1.54, 1.807) is 24.3 Å². The zero-order valence-corrected chi connectivity index (χ0v) is 15.7. The van der Waals surface area contributed by atoms with Crippen molar-refractivity contribution in [2.75, 3.05) is 6.61 Å². The predicted octanol–water partition coefficient (Wildman–Crippen LogP) is 3.49. The lowest BCUT2D eigenvalue weighted by atomic mass is 10.1. The highest BCUT2D eigenvalue weighted by Gasteiger charge is 2.14. The van der Waals surface area contributed by atoms with Crippen LogP contribution in [0.3, 0.4) is 0 Å². The summed E-state index contributed by atoms with van der Waals surface area (Å²) in [4.78, 5) is 0.215. The first kappa shape index (κ1) is 19.4. The molecule has 1 N–H and O–H groups in total. The van der Waals surface area contributed by atoms with Gasteiger partial charge in [0.15, 0.2) is 0 Å². The molecule has 0 atom stereocenters. The van der Waals surface area contributed by atoms with E-state index in [-0.39, 0.29) is 17.5 Å². The average molecular weight is 363 g/mol. The molecule has 2 aromatic carbocycles. The van der Waals surface area contributed by atoms with Crippen LogP contribution in [0.5, 0.6) is 5.75 Å². The highest BCUT2D eigenvalue weighted by molar-refractivity contribution is 7.89. The summed E-state index contributed by atoms with van der Waals surface area (Å²) in [5, 5.41) is 0. The second-order valence-electron chi connectivity index (χ2n) is 5.86. The summed E-state index contributed by atoms with van der Waals surface area (Å²) in [5.41, 5.74) is 1.88. The standard InChI is InChI=1S/C19H25NO4S/c1-4-23-18-9-11-19(12-10-18)25(21,22)20-13-16-7-5-6-8-17(16)14-24-15(2)3/h5-12,15,20H,4,13-14H2,1-3H3. The molecule has 0 spiro atoms. The van der Waals surface area contributed by atoms with E-state index in [2.05, 4.69) is 4.72 Å². The van der Waals surface area contributed by atoms with Crippen LogP contribution in [0, 0.1) is 0 Å². The van der Waals surface area contributed by atoms with Crippen LogP contribution in [0.4, 0.5) is 0 Å². The Hall–Kier alpha value is -1.89. The smallest absolute Gasteiger partial charge is 0.240 e. The maximum atomic E-state index is 12.5. The van der Waals surface area contributed by atoms with Crippen LogP contribution < -0.4 is 9.46 Å². The SMILES string of the molecule is CCOc1ccc(S(=O)(=O)NCc2ccccc2COC(C)C)cc1. The van der Waals surface area contributed by atoms with E-state index in [0.717, 1.165) is 11.1 Å². The molecule has 6 heteroatoms. The summed E-state index contributed by atoms with van der Waals surface area (Å²) in [6.07, 6.45) is 0.119. The lowest BCUT2D eigenvalue weighted by Crippen LogP contribution is -2.24. The molecule has 0 heterocycles. The molecule has 0 saturated heterocycles. The number of nitrogens with one attached hydrogen (secondary N) is 1. The Morgan fingerprint density at radius 3 is 2.24 bits per heavy atom. The molecule has 0 amide bonds. The van der Waals surface area contributed by atoms with Crippen LogP contribution in [0.25, 0.3) is 0 Å². The Labute approximate surface area is 150 Å². The summed E-state index contributed by atoms with van der Waals surface area (Å²) >= 11 is 0. The molecule has 25 heavy (non-hydrogen) atoms. The van der Waals surface area contributed by atoms with Crippen molar-refractivity contribution in [1.29, 1.82) is 0 Å². The first-order valence-electron chi connectivity index (χ1n) is 8.33. The number of ether oxygens (including phenoxy) is 2. The van der Waals surface area contributed by atoms with Crippen molar-refractivity contribution >= 4 is 10.0 Å². The minimum Gasteiger partial charge on any atom is -0.494 e. The summed E-state index contributed by atoms with van der Waals surface area (Å²) in [6.45, 7) is 7.03. The van der Waals surface area contributed by atoms with E-state index in [9.17, 15) is 8.42 Å². The number of hydrogen-bond donors (Lipinski definition) is 1. The third-order valence-corrected chi connectivity index (χ3v) is 5.01. The monoisotopic (exact) mass is 363 g/mol. The molecule has 0 unspecified atom stereocenters. The Balaban J connectivity index is 2.07. The van der Waals surface area contributed by atoms with Crippen LogP contribution in [0.1, 0.15) is 31.9 Å². The molecule has 0 fully saturated rings. The lowest BCUT2D eigenvalue weighted by molar-refractivity contribution is 0.0652. The topological polar surface area (TPSA) is 64.6 Å². The second kappa shape index (κ2) is 8.99. The first-order chi connectivity index (χ1) is 11.9. The van der Waals surface area contributed by atoms with Gasteiger partial charge in [-0.1, -0.05) is 24.3 Å². The second-order valence-corrected chi connectivity index (χ2v) is 7.62. The Morgan fingerprint density at radius 1 is 1.00 bits per heavy atom. The lowest BCUT2D eigenvalue weighted by Gasteiger charge is -2.13. The van der Waals surface area contributed by atoms with Crippen LogP contribution in [0.15, 0.2) is 53.4 Å². The average Bonchev–Trinajstić information content (AvgIpc) is 2.59. The van der Waals surface area contributed by atoms with E-state index >= 15 is 0 Å². The molecule has 0 bridgehead atoms. The van der Waals surface area contributed by atoms with Gasteiger partial charge in [0.25, 0.3) is 0 Å². The van der Waals surface area contributed by atoms with Gasteiger partial charge in [-0.25, -0.2) is 13.1 Å². The highest BCUT2D eigenvalue weighted by Crippen LogP contribution is 2.17. The van der Waals surface area contributed by atoms with Gasteiger partial charge in [-0.2, -0.15) is 0 Å². The summed E-state index contributed by atoms with van der Waals surface area (Å²) in [6, 6.07) is 14.1. The molecule has 0 aliphatic rings. The number of rotatable bonds is 9. The van der Waals surface area contributed by atoms with Gasteiger partial charge in [-0.3, -0.25) is 0 Å². The quantitative estimate of drug-likeness (QED) is 0.741. The van der Waals surface area contributed by atoms with Crippen LogP contribution in [0.2, 0.25) is 0 Å². The third-order valence-electron chi connectivity index (χ3n) is 3.59. The number of benzene rings is 2. The number of hydrogen-bond acceptors (Lipinski definition) is 4. The molecule has 2 aromatic rings. The van der Waals surface area contributed by atoms with E-state index < -0.39 is 10.0 Å². The zero-order valence-electron chi connectivity index (χ0n) is 14.9. The Kier molecular flexibility index (Phi) is 6.99. The van der Waals surface area contributed by atoms with Gasteiger partial charge in [-0.15, -0.1) is 0 Å². The van der Waals surface area contributed by atoms with Gasteiger partial charge in [0, 0.05) is 6.54 Å². The fourth-order valence-electron chi connectivity index (χ4n) is 2.26. The largest absolute Gasteiger partial charge is 0.494 e. The van der Waals surface area contributed by atoms with Gasteiger partial charge < -0.3 is 9.47 Å². The molecule has 0 saturated carbocycles. The highest BCUT2D eigenvalue weighted by atomic mass is 32.2. The van der Waals surface area contributed by atoms with Crippen molar-refractivity contribution in [3.63, 3.8) is 0 Å². The predicted molar refractivity (Wildman–Crippen MR) is 98.0 cm³/mol. The fraction of sp³-hybridized carbons (Fsp3) is 0.368. The molecule has 0 aliphatic carbocycles. The van der Waals surface area contributed by atoms with Crippen molar-refractivity contribution in [1.82, 2.24) is 4.72 Å². The maximum absolute atomic E-state index is 12.5. The Bertz CT molecular complexity index is 770. The van der Waals surface area contributed by atoms with Gasteiger partial charge in [0.05, 0.1) is 24.2 Å². The Morgan fingerprint density at radius 2 is 1.64 bits per heavy atom. The van der Waals surface area contributed by atoms with Gasteiger partial charge in [-0.05, 0) is 56.2 Å². The van der Waals surface area contributed by atoms with Crippen molar-refractivity contribution in [2.24, 2.45) is 0 Å². The normalized spacial score (nSPS) is 11.7. The summed E-state index contributed by atoms with van der Waals surface area (Å²) < 4.78 is 38.6. The van der Waals surface area contributed by atoms with Crippen LogP contribution in [-0.2, 0) is 27.9 Å². The van der Waals surface area contributed by atoms with Crippen LogP contribution in [-0.4, -0.2) is 21.1 Å². The minimum atomic E-state index is -3.58. The number of sulfonamides is 1. The first-order valence-corrected chi connectivity index (χ1v) is 9.81. The zero-order chi connectivity index (χ0) is 18.3. The third kappa shape index (κ3) is 5.85. The van der Waals surface area contributed by atoms with Gasteiger partial charge in [0.1, 0.15) is 5.75 Å². The van der Waals surface area contributed by atoms with E-state index in [4.69, 9.17) is 9.47 Å². The summed E-state index contributed by atoms with van der Waals surface area (Å²) in [7, 11) is -3.58. The molecular weight excluding hydrogens is 338 g/mol. The molecule has 2 rings (SSSR count). The van der Waals surface area contributed by atoms with Gasteiger partial charge >= 0.3 is 0 Å². The molecule has 136 valence electrons. The maximum Gasteiger partial charge on any atom is 0.240 e.